The highest BCUT2D eigenvalue weighted by Crippen LogP contribution is 2.21. The number of carbonyl (C=O) groups is 1. The zero-order chi connectivity index (χ0) is 13.7. The highest BCUT2D eigenvalue weighted by molar-refractivity contribution is 6.31. The third-order valence-corrected chi connectivity index (χ3v) is 2.49. The summed E-state index contributed by atoms with van der Waals surface area (Å²) in [5, 5.41) is 13.6. The number of hydrogen-bond donors (Lipinski definition) is 2. The van der Waals surface area contributed by atoms with Crippen LogP contribution in [-0.4, -0.2) is 22.2 Å². The first kappa shape index (κ1) is 13.0. The van der Waals surface area contributed by atoms with Gasteiger partial charge in [0, 0.05) is 11.2 Å². The molecular formula is C13H10ClN3O2. The van der Waals surface area contributed by atoms with Crippen LogP contribution < -0.4 is 5.43 Å². The summed E-state index contributed by atoms with van der Waals surface area (Å²) in [5.74, 6) is -0.706. The maximum Gasteiger partial charge on any atom is 0.275 e. The molecule has 2 N–H and O–H groups in total. The van der Waals surface area contributed by atoms with Gasteiger partial charge in [-0.3, -0.25) is 9.78 Å². The fraction of sp³-hybridized carbons (Fsp3) is 0. The predicted octanol–water partition coefficient (Wildman–Crippen LogP) is 2.20. The predicted molar refractivity (Wildman–Crippen MR) is 72.4 cm³/mol. The number of aromatic nitrogens is 1. The van der Waals surface area contributed by atoms with E-state index in [-0.39, 0.29) is 11.3 Å². The van der Waals surface area contributed by atoms with Gasteiger partial charge in [0.05, 0.1) is 17.5 Å². The van der Waals surface area contributed by atoms with Crippen molar-refractivity contribution in [1.29, 1.82) is 0 Å². The first-order valence-corrected chi connectivity index (χ1v) is 5.77. The van der Waals surface area contributed by atoms with E-state index >= 15 is 0 Å². The molecule has 2 aromatic rings. The number of rotatable bonds is 3. The summed E-state index contributed by atoms with van der Waals surface area (Å²) in [7, 11) is 0. The van der Waals surface area contributed by atoms with Gasteiger partial charge in [0.25, 0.3) is 5.91 Å². The van der Waals surface area contributed by atoms with Crippen LogP contribution >= 0.6 is 11.6 Å². The molecule has 0 aliphatic heterocycles. The third kappa shape index (κ3) is 3.53. The van der Waals surface area contributed by atoms with E-state index in [1.165, 1.54) is 24.4 Å². The Morgan fingerprint density at radius 3 is 2.95 bits per heavy atom. The largest absolute Gasteiger partial charge is 0.507 e. The molecule has 96 valence electrons. The molecule has 19 heavy (non-hydrogen) atoms. The molecule has 0 unspecified atom stereocenters. The van der Waals surface area contributed by atoms with Crippen molar-refractivity contribution < 1.29 is 9.90 Å². The van der Waals surface area contributed by atoms with E-state index < -0.39 is 5.91 Å². The van der Waals surface area contributed by atoms with E-state index in [9.17, 15) is 9.90 Å². The van der Waals surface area contributed by atoms with Gasteiger partial charge in [-0.1, -0.05) is 17.7 Å². The molecule has 0 aliphatic rings. The quantitative estimate of drug-likeness (QED) is 0.666. The van der Waals surface area contributed by atoms with Crippen LogP contribution in [0.1, 0.15) is 16.1 Å². The Bertz CT molecular complexity index is 615. The average molecular weight is 276 g/mol. The lowest BCUT2D eigenvalue weighted by Gasteiger charge is -2.03. The molecule has 2 rings (SSSR count). The SMILES string of the molecule is O=C(N/N=C\c1ccccn1)c1cc(Cl)ccc1O. The van der Waals surface area contributed by atoms with Crippen molar-refractivity contribution in [3.05, 3.63) is 58.9 Å². The number of hydrazone groups is 1. The normalized spacial score (nSPS) is 10.6. The molecule has 0 radical (unpaired) electrons. The van der Waals surface area contributed by atoms with Crippen LogP contribution in [0.15, 0.2) is 47.7 Å². The lowest BCUT2D eigenvalue weighted by Crippen LogP contribution is -2.17. The summed E-state index contributed by atoms with van der Waals surface area (Å²) < 4.78 is 0. The van der Waals surface area contributed by atoms with Crippen LogP contribution in [0.4, 0.5) is 0 Å². The van der Waals surface area contributed by atoms with Crippen molar-refractivity contribution in [2.45, 2.75) is 0 Å². The summed E-state index contributed by atoms with van der Waals surface area (Å²) in [6, 6.07) is 9.53. The Kier molecular flexibility index (Phi) is 4.10. The van der Waals surface area contributed by atoms with E-state index in [2.05, 4.69) is 15.5 Å². The minimum atomic E-state index is -0.549. The molecule has 0 spiro atoms. The molecule has 1 aromatic heterocycles. The van der Waals surface area contributed by atoms with Crippen LogP contribution in [0.3, 0.4) is 0 Å². The number of benzene rings is 1. The van der Waals surface area contributed by atoms with Crippen LogP contribution in [0.25, 0.3) is 0 Å². The lowest BCUT2D eigenvalue weighted by atomic mass is 10.2. The van der Waals surface area contributed by atoms with Gasteiger partial charge < -0.3 is 5.11 Å². The summed E-state index contributed by atoms with van der Waals surface area (Å²) in [6.45, 7) is 0. The van der Waals surface area contributed by atoms with Crippen molar-refractivity contribution in [3.63, 3.8) is 0 Å². The topological polar surface area (TPSA) is 74.6 Å². The summed E-state index contributed by atoms with van der Waals surface area (Å²) >= 11 is 5.75. The first-order valence-electron chi connectivity index (χ1n) is 5.40. The number of nitrogens with one attached hydrogen (secondary N) is 1. The van der Waals surface area contributed by atoms with Gasteiger partial charge in [-0.2, -0.15) is 5.10 Å². The molecular weight excluding hydrogens is 266 g/mol. The van der Waals surface area contributed by atoms with Crippen molar-refractivity contribution in [2.75, 3.05) is 0 Å². The average Bonchev–Trinajstić information content (AvgIpc) is 2.42. The molecule has 6 heteroatoms. The standard InChI is InChI=1S/C13H10ClN3O2/c14-9-4-5-12(18)11(7-9)13(19)17-16-8-10-3-1-2-6-15-10/h1-8,18H,(H,17,19)/b16-8-. The lowest BCUT2D eigenvalue weighted by molar-refractivity contribution is 0.0952. The molecule has 0 atom stereocenters. The monoisotopic (exact) mass is 275 g/mol. The fourth-order valence-corrected chi connectivity index (χ4v) is 1.53. The van der Waals surface area contributed by atoms with Crippen LogP contribution in [0.2, 0.25) is 5.02 Å². The smallest absolute Gasteiger partial charge is 0.275 e. The summed E-state index contributed by atoms with van der Waals surface area (Å²) in [6.07, 6.45) is 3.02. The number of amides is 1. The second-order valence-electron chi connectivity index (χ2n) is 3.62. The molecule has 0 aliphatic carbocycles. The second-order valence-corrected chi connectivity index (χ2v) is 4.05. The molecule has 1 heterocycles. The molecule has 0 bridgehead atoms. The van der Waals surface area contributed by atoms with Gasteiger partial charge in [0.15, 0.2) is 0 Å². The van der Waals surface area contributed by atoms with E-state index in [4.69, 9.17) is 11.6 Å². The highest BCUT2D eigenvalue weighted by Gasteiger charge is 2.10. The van der Waals surface area contributed by atoms with Gasteiger partial charge in [0.1, 0.15) is 5.75 Å². The molecule has 1 aromatic carbocycles. The van der Waals surface area contributed by atoms with Gasteiger partial charge in [0.2, 0.25) is 0 Å². The highest BCUT2D eigenvalue weighted by atomic mass is 35.5. The Morgan fingerprint density at radius 2 is 2.21 bits per heavy atom. The molecule has 0 saturated carbocycles. The molecule has 0 fully saturated rings. The first-order chi connectivity index (χ1) is 9.16. The fourth-order valence-electron chi connectivity index (χ4n) is 1.36. The van der Waals surface area contributed by atoms with E-state index in [0.29, 0.717) is 10.7 Å². The number of nitrogens with zero attached hydrogens (tertiary/aromatic N) is 2. The van der Waals surface area contributed by atoms with E-state index in [1.54, 1.807) is 24.4 Å². The second kappa shape index (κ2) is 5.97. The maximum absolute atomic E-state index is 11.7. The molecule has 5 nitrogen and oxygen atoms in total. The van der Waals surface area contributed by atoms with Crippen molar-refractivity contribution in [3.8, 4) is 5.75 Å². The number of phenolic OH excluding ortho intramolecular Hbond substituents is 1. The van der Waals surface area contributed by atoms with Crippen LogP contribution in [-0.2, 0) is 0 Å². The minimum absolute atomic E-state index is 0.0608. The van der Waals surface area contributed by atoms with Gasteiger partial charge >= 0.3 is 0 Å². The van der Waals surface area contributed by atoms with Crippen LogP contribution in [0, 0.1) is 0 Å². The number of phenols is 1. The Hall–Kier alpha value is -2.40. The Morgan fingerprint density at radius 1 is 1.37 bits per heavy atom. The number of aromatic hydroxyl groups is 1. The summed E-state index contributed by atoms with van der Waals surface area (Å²) in [5.41, 5.74) is 2.96. The summed E-state index contributed by atoms with van der Waals surface area (Å²) in [4.78, 5) is 15.8. The van der Waals surface area contributed by atoms with Crippen molar-refractivity contribution in [1.82, 2.24) is 10.4 Å². The zero-order valence-electron chi connectivity index (χ0n) is 9.75. The Labute approximate surface area is 114 Å². The number of pyridine rings is 1. The number of hydrogen-bond acceptors (Lipinski definition) is 4. The van der Waals surface area contributed by atoms with Crippen molar-refractivity contribution in [2.24, 2.45) is 5.10 Å². The molecule has 1 amide bonds. The number of carbonyl (C=O) groups excluding carboxylic acids is 1. The number of halogens is 1. The van der Waals surface area contributed by atoms with Crippen LogP contribution in [0.5, 0.6) is 5.75 Å². The third-order valence-electron chi connectivity index (χ3n) is 2.25. The Balaban J connectivity index is 2.06. The van der Waals surface area contributed by atoms with Gasteiger partial charge in [-0.25, -0.2) is 5.43 Å². The van der Waals surface area contributed by atoms with Gasteiger partial charge in [-0.15, -0.1) is 0 Å². The van der Waals surface area contributed by atoms with E-state index in [0.717, 1.165) is 0 Å². The van der Waals surface area contributed by atoms with Crippen molar-refractivity contribution >= 4 is 23.7 Å². The minimum Gasteiger partial charge on any atom is -0.507 e. The van der Waals surface area contributed by atoms with E-state index in [1.807, 2.05) is 0 Å². The molecule has 0 saturated heterocycles. The zero-order valence-corrected chi connectivity index (χ0v) is 10.5. The maximum atomic E-state index is 11.7. The van der Waals surface area contributed by atoms with Gasteiger partial charge in [-0.05, 0) is 30.3 Å².